The fourth-order valence-electron chi connectivity index (χ4n) is 2.29. The maximum absolute atomic E-state index is 11.1. The maximum atomic E-state index is 11.1. The lowest BCUT2D eigenvalue weighted by molar-refractivity contribution is 0.112. The van der Waals surface area contributed by atoms with Crippen molar-refractivity contribution in [3.8, 4) is 17.1 Å². The molecule has 1 aromatic heterocycles. The molecule has 0 aliphatic carbocycles. The van der Waals surface area contributed by atoms with Gasteiger partial charge < -0.3 is 4.74 Å². The summed E-state index contributed by atoms with van der Waals surface area (Å²) in [6, 6.07) is 3.71. The number of fused-ring (bicyclic) bond motifs is 3. The van der Waals surface area contributed by atoms with Crippen molar-refractivity contribution >= 4 is 6.29 Å². The molecule has 0 radical (unpaired) electrons. The van der Waals surface area contributed by atoms with E-state index < -0.39 is 0 Å². The van der Waals surface area contributed by atoms with Crippen molar-refractivity contribution in [3.05, 3.63) is 23.3 Å². The maximum Gasteiger partial charge on any atom is 0.182 e. The summed E-state index contributed by atoms with van der Waals surface area (Å²) in [6.45, 7) is 0.787. The topological polar surface area (TPSA) is 69.9 Å². The molecule has 1 aliphatic heterocycles. The first-order valence-corrected chi connectivity index (χ1v) is 5.76. The molecule has 0 bridgehead atoms. The van der Waals surface area contributed by atoms with Crippen molar-refractivity contribution < 1.29 is 9.53 Å². The van der Waals surface area contributed by atoms with Gasteiger partial charge in [0, 0.05) is 12.1 Å². The first kappa shape index (κ1) is 10.9. The third kappa shape index (κ3) is 1.57. The fraction of sp³-hybridized carbons (Fsp3) is 0.333. The minimum Gasteiger partial charge on any atom is -0.496 e. The first-order chi connectivity index (χ1) is 8.83. The number of methoxy groups -OCH3 is 1. The molecule has 6 nitrogen and oxygen atoms in total. The Bertz CT molecular complexity index is 606. The number of hydrogen-bond acceptors (Lipinski definition) is 5. The lowest BCUT2D eigenvalue weighted by Gasteiger charge is -2.09. The molecule has 0 unspecified atom stereocenters. The van der Waals surface area contributed by atoms with Crippen molar-refractivity contribution in [2.45, 2.75) is 19.4 Å². The number of aromatic nitrogens is 4. The van der Waals surface area contributed by atoms with E-state index in [0.29, 0.717) is 17.1 Å². The number of hydrogen-bond donors (Lipinski definition) is 0. The molecule has 0 saturated carbocycles. The highest BCUT2D eigenvalue weighted by Gasteiger charge is 2.19. The standard InChI is InChI=1S/C12H12N4O2/c1-18-11-6-8-3-2-4-16-12(13-14-15-16)10(8)5-9(11)7-17/h5-7H,2-4H2,1H3. The third-order valence-corrected chi connectivity index (χ3v) is 3.17. The van der Waals surface area contributed by atoms with Gasteiger partial charge in [0.25, 0.3) is 0 Å². The fourth-order valence-corrected chi connectivity index (χ4v) is 2.29. The van der Waals surface area contributed by atoms with Gasteiger partial charge in [0.05, 0.1) is 12.7 Å². The van der Waals surface area contributed by atoms with Crippen molar-refractivity contribution in [3.63, 3.8) is 0 Å². The zero-order valence-corrected chi connectivity index (χ0v) is 9.96. The van der Waals surface area contributed by atoms with Gasteiger partial charge in [0.2, 0.25) is 0 Å². The van der Waals surface area contributed by atoms with E-state index >= 15 is 0 Å². The summed E-state index contributed by atoms with van der Waals surface area (Å²) in [5.41, 5.74) is 2.55. The van der Waals surface area contributed by atoms with Crippen molar-refractivity contribution in [2.75, 3.05) is 7.11 Å². The van der Waals surface area contributed by atoms with Crippen LogP contribution in [-0.2, 0) is 13.0 Å². The Morgan fingerprint density at radius 3 is 3.11 bits per heavy atom. The van der Waals surface area contributed by atoms with Gasteiger partial charge in [0.15, 0.2) is 12.1 Å². The van der Waals surface area contributed by atoms with Gasteiger partial charge in [-0.05, 0) is 41.0 Å². The summed E-state index contributed by atoms with van der Waals surface area (Å²) in [4.78, 5) is 11.1. The number of nitrogens with zero attached hydrogens (tertiary/aromatic N) is 4. The molecule has 18 heavy (non-hydrogen) atoms. The van der Waals surface area contributed by atoms with Crippen LogP contribution in [0.15, 0.2) is 12.1 Å². The molecule has 92 valence electrons. The van der Waals surface area contributed by atoms with E-state index in [1.165, 1.54) is 0 Å². The molecule has 6 heteroatoms. The van der Waals surface area contributed by atoms with Crippen LogP contribution in [0.25, 0.3) is 11.4 Å². The Morgan fingerprint density at radius 2 is 2.33 bits per heavy atom. The summed E-state index contributed by atoms with van der Waals surface area (Å²) < 4.78 is 6.99. The minimum atomic E-state index is 0.521. The molecule has 0 fully saturated rings. The zero-order chi connectivity index (χ0) is 12.5. The van der Waals surface area contributed by atoms with Crippen molar-refractivity contribution in [1.82, 2.24) is 20.2 Å². The highest BCUT2D eigenvalue weighted by Crippen LogP contribution is 2.31. The van der Waals surface area contributed by atoms with Crippen LogP contribution in [0.1, 0.15) is 22.3 Å². The number of benzene rings is 1. The summed E-state index contributed by atoms with van der Waals surface area (Å²) in [5.74, 6) is 1.32. The molecular formula is C12H12N4O2. The Morgan fingerprint density at radius 1 is 1.44 bits per heavy atom. The molecule has 0 amide bonds. The van der Waals surface area contributed by atoms with E-state index in [2.05, 4.69) is 15.5 Å². The molecule has 2 heterocycles. The van der Waals surface area contributed by atoms with E-state index in [9.17, 15) is 4.79 Å². The average Bonchev–Trinajstić information content (AvgIpc) is 2.80. The van der Waals surface area contributed by atoms with E-state index in [-0.39, 0.29) is 0 Å². The number of carbonyl (C=O) groups excluding carboxylic acids is 1. The number of ether oxygens (including phenoxy) is 1. The Labute approximate surface area is 104 Å². The number of rotatable bonds is 2. The molecule has 0 N–H and O–H groups in total. The first-order valence-electron chi connectivity index (χ1n) is 5.76. The molecule has 0 saturated heterocycles. The van der Waals surface area contributed by atoms with Crippen LogP contribution in [0.2, 0.25) is 0 Å². The highest BCUT2D eigenvalue weighted by molar-refractivity contribution is 5.83. The molecular weight excluding hydrogens is 232 g/mol. The quantitative estimate of drug-likeness (QED) is 0.740. The van der Waals surface area contributed by atoms with Crippen LogP contribution in [-0.4, -0.2) is 33.6 Å². The smallest absolute Gasteiger partial charge is 0.182 e. The predicted octanol–water partition coefficient (Wildman–Crippen LogP) is 1.11. The summed E-state index contributed by atoms with van der Waals surface area (Å²) in [7, 11) is 1.56. The predicted molar refractivity (Wildman–Crippen MR) is 63.5 cm³/mol. The van der Waals surface area contributed by atoms with E-state index in [1.807, 2.05) is 6.07 Å². The Balaban J connectivity index is 2.24. The van der Waals surface area contributed by atoms with Crippen molar-refractivity contribution in [1.29, 1.82) is 0 Å². The second kappa shape index (κ2) is 4.21. The van der Waals surface area contributed by atoms with E-state index in [4.69, 9.17) is 4.74 Å². The summed E-state index contributed by atoms with van der Waals surface area (Å²) in [6.07, 6.45) is 2.67. The van der Waals surface area contributed by atoms with E-state index in [1.54, 1.807) is 17.9 Å². The van der Waals surface area contributed by atoms with Crippen LogP contribution >= 0.6 is 0 Å². The van der Waals surface area contributed by atoms with Gasteiger partial charge in [-0.3, -0.25) is 4.79 Å². The van der Waals surface area contributed by atoms with Gasteiger partial charge in [-0.15, -0.1) is 5.10 Å². The van der Waals surface area contributed by atoms with Gasteiger partial charge in [-0.2, -0.15) is 0 Å². The van der Waals surface area contributed by atoms with Crippen molar-refractivity contribution in [2.24, 2.45) is 0 Å². The number of aryl methyl sites for hydroxylation is 2. The van der Waals surface area contributed by atoms with E-state index in [0.717, 1.165) is 36.8 Å². The lowest BCUT2D eigenvalue weighted by atomic mass is 10.00. The van der Waals surface area contributed by atoms with Gasteiger partial charge in [-0.25, -0.2) is 4.68 Å². The van der Waals surface area contributed by atoms with Crippen LogP contribution in [0.3, 0.4) is 0 Å². The molecule has 1 aromatic carbocycles. The Kier molecular flexibility index (Phi) is 2.55. The minimum absolute atomic E-state index is 0.521. The number of aldehydes is 1. The second-order valence-corrected chi connectivity index (χ2v) is 4.20. The largest absolute Gasteiger partial charge is 0.496 e. The number of carbonyl (C=O) groups is 1. The van der Waals surface area contributed by atoms with Crippen LogP contribution in [0.4, 0.5) is 0 Å². The molecule has 3 rings (SSSR count). The SMILES string of the molecule is COc1cc2c(cc1C=O)-c1nnnn1CCC2. The van der Waals surface area contributed by atoms with Gasteiger partial charge in [-0.1, -0.05) is 0 Å². The Hall–Kier alpha value is -2.24. The second-order valence-electron chi connectivity index (χ2n) is 4.20. The number of tetrazole rings is 1. The molecule has 0 spiro atoms. The van der Waals surface area contributed by atoms with Gasteiger partial charge >= 0.3 is 0 Å². The highest BCUT2D eigenvalue weighted by atomic mass is 16.5. The molecule has 2 aromatic rings. The van der Waals surface area contributed by atoms with Crippen LogP contribution in [0.5, 0.6) is 5.75 Å². The van der Waals surface area contributed by atoms with Crippen LogP contribution < -0.4 is 4.74 Å². The third-order valence-electron chi connectivity index (χ3n) is 3.17. The average molecular weight is 244 g/mol. The van der Waals surface area contributed by atoms with Crippen LogP contribution in [0, 0.1) is 0 Å². The van der Waals surface area contributed by atoms with Gasteiger partial charge in [0.1, 0.15) is 5.75 Å². The monoisotopic (exact) mass is 244 g/mol. The summed E-state index contributed by atoms with van der Waals surface area (Å²) in [5, 5.41) is 11.7. The zero-order valence-electron chi connectivity index (χ0n) is 9.96. The molecule has 0 atom stereocenters. The molecule has 1 aliphatic rings. The summed E-state index contributed by atoms with van der Waals surface area (Å²) >= 11 is 0. The lowest BCUT2D eigenvalue weighted by Crippen LogP contribution is -2.00. The normalized spacial score (nSPS) is 13.4.